The van der Waals surface area contributed by atoms with Gasteiger partial charge in [0.05, 0.1) is 12.6 Å². The average molecular weight is 269 g/mol. The third-order valence-corrected chi connectivity index (χ3v) is 4.09. The van der Waals surface area contributed by atoms with E-state index in [-0.39, 0.29) is 0 Å². The van der Waals surface area contributed by atoms with Crippen molar-refractivity contribution in [1.82, 2.24) is 0 Å². The maximum atomic E-state index is 6.62. The van der Waals surface area contributed by atoms with Crippen LogP contribution in [-0.4, -0.2) is 7.11 Å². The summed E-state index contributed by atoms with van der Waals surface area (Å²) in [5.41, 5.74) is 11.8. The SMILES string of the molecule is COc1c(C(C)(N)c2ccc(C)cc2)ccc(C)c1C. The Labute approximate surface area is 121 Å². The largest absolute Gasteiger partial charge is 0.496 e. The standard InChI is InChI=1S/C18H23NO/c1-12-6-9-15(10-7-12)18(4,19)16-11-8-13(2)14(3)17(16)20-5/h6-11H,19H2,1-5H3. The molecule has 106 valence electrons. The number of benzene rings is 2. The van der Waals surface area contributed by atoms with Crippen LogP contribution in [0.2, 0.25) is 0 Å². The lowest BCUT2D eigenvalue weighted by Gasteiger charge is -2.29. The van der Waals surface area contributed by atoms with Crippen LogP contribution in [0.5, 0.6) is 5.75 Å². The molecule has 20 heavy (non-hydrogen) atoms. The molecule has 0 aliphatic rings. The first-order valence-corrected chi connectivity index (χ1v) is 6.88. The van der Waals surface area contributed by atoms with E-state index >= 15 is 0 Å². The van der Waals surface area contributed by atoms with Gasteiger partial charge in [-0.2, -0.15) is 0 Å². The number of aryl methyl sites for hydroxylation is 2. The van der Waals surface area contributed by atoms with Gasteiger partial charge >= 0.3 is 0 Å². The van der Waals surface area contributed by atoms with Crippen LogP contribution < -0.4 is 10.5 Å². The third-order valence-electron chi connectivity index (χ3n) is 4.09. The highest BCUT2D eigenvalue weighted by atomic mass is 16.5. The fourth-order valence-corrected chi connectivity index (χ4v) is 2.52. The molecule has 0 saturated carbocycles. The van der Waals surface area contributed by atoms with Gasteiger partial charge in [0.2, 0.25) is 0 Å². The Kier molecular flexibility index (Phi) is 3.87. The van der Waals surface area contributed by atoms with Crippen molar-refractivity contribution >= 4 is 0 Å². The molecule has 0 heterocycles. The monoisotopic (exact) mass is 269 g/mol. The first-order valence-electron chi connectivity index (χ1n) is 6.88. The first kappa shape index (κ1) is 14.6. The smallest absolute Gasteiger partial charge is 0.127 e. The zero-order chi connectivity index (χ0) is 14.9. The molecule has 2 rings (SSSR count). The molecule has 0 aliphatic heterocycles. The van der Waals surface area contributed by atoms with Crippen LogP contribution in [0.4, 0.5) is 0 Å². The van der Waals surface area contributed by atoms with Crippen LogP contribution in [0.15, 0.2) is 36.4 Å². The summed E-state index contributed by atoms with van der Waals surface area (Å²) < 4.78 is 5.61. The summed E-state index contributed by atoms with van der Waals surface area (Å²) in [7, 11) is 1.70. The number of nitrogens with two attached hydrogens (primary N) is 1. The molecule has 2 heteroatoms. The Hall–Kier alpha value is -1.80. The van der Waals surface area contributed by atoms with E-state index in [9.17, 15) is 0 Å². The fourth-order valence-electron chi connectivity index (χ4n) is 2.52. The number of methoxy groups -OCH3 is 1. The quantitative estimate of drug-likeness (QED) is 0.918. The van der Waals surface area contributed by atoms with Gasteiger partial charge in [0.25, 0.3) is 0 Å². The molecule has 2 aromatic rings. The van der Waals surface area contributed by atoms with Gasteiger partial charge in [-0.05, 0) is 44.4 Å². The summed E-state index contributed by atoms with van der Waals surface area (Å²) in [4.78, 5) is 0. The molecular formula is C18H23NO. The van der Waals surface area contributed by atoms with Gasteiger partial charge in [-0.15, -0.1) is 0 Å². The van der Waals surface area contributed by atoms with Gasteiger partial charge in [-0.3, -0.25) is 0 Å². The van der Waals surface area contributed by atoms with Gasteiger partial charge in [-0.25, -0.2) is 0 Å². The van der Waals surface area contributed by atoms with E-state index in [0.717, 1.165) is 22.4 Å². The maximum absolute atomic E-state index is 6.62. The van der Waals surface area contributed by atoms with Gasteiger partial charge in [0, 0.05) is 5.56 Å². The third kappa shape index (κ3) is 2.44. The van der Waals surface area contributed by atoms with Crippen molar-refractivity contribution in [1.29, 1.82) is 0 Å². The van der Waals surface area contributed by atoms with E-state index in [4.69, 9.17) is 10.5 Å². The van der Waals surface area contributed by atoms with Crippen LogP contribution in [0.1, 0.15) is 34.7 Å². The number of rotatable bonds is 3. The summed E-state index contributed by atoms with van der Waals surface area (Å²) in [6.07, 6.45) is 0. The van der Waals surface area contributed by atoms with Gasteiger partial charge in [0.1, 0.15) is 5.75 Å². The van der Waals surface area contributed by atoms with Crippen molar-refractivity contribution in [3.05, 3.63) is 64.2 Å². The topological polar surface area (TPSA) is 35.2 Å². The Balaban J connectivity index is 2.59. The van der Waals surface area contributed by atoms with E-state index in [0.29, 0.717) is 0 Å². The lowest BCUT2D eigenvalue weighted by atomic mass is 9.83. The average Bonchev–Trinajstić information content (AvgIpc) is 2.42. The zero-order valence-electron chi connectivity index (χ0n) is 12.9. The van der Waals surface area contributed by atoms with E-state index in [1.54, 1.807) is 7.11 Å². The summed E-state index contributed by atoms with van der Waals surface area (Å²) in [6.45, 7) is 8.27. The fraction of sp³-hybridized carbons (Fsp3) is 0.333. The Morgan fingerprint density at radius 3 is 2.10 bits per heavy atom. The number of hydrogen-bond acceptors (Lipinski definition) is 2. The van der Waals surface area contributed by atoms with Gasteiger partial charge < -0.3 is 10.5 Å². The molecule has 0 spiro atoms. The first-order chi connectivity index (χ1) is 9.37. The molecule has 0 saturated heterocycles. The molecule has 1 unspecified atom stereocenters. The minimum absolute atomic E-state index is 0.572. The van der Waals surface area contributed by atoms with Crippen molar-refractivity contribution in [3.8, 4) is 5.75 Å². The van der Waals surface area contributed by atoms with E-state index in [1.807, 2.05) is 6.92 Å². The summed E-state index contributed by atoms with van der Waals surface area (Å²) in [5, 5.41) is 0. The van der Waals surface area contributed by atoms with Crippen molar-refractivity contribution in [2.75, 3.05) is 7.11 Å². The van der Waals surface area contributed by atoms with Crippen molar-refractivity contribution in [2.24, 2.45) is 5.73 Å². The highest BCUT2D eigenvalue weighted by molar-refractivity contribution is 5.52. The van der Waals surface area contributed by atoms with Crippen molar-refractivity contribution in [3.63, 3.8) is 0 Å². The van der Waals surface area contributed by atoms with E-state index in [2.05, 4.69) is 57.2 Å². The van der Waals surface area contributed by atoms with Crippen LogP contribution in [0.3, 0.4) is 0 Å². The van der Waals surface area contributed by atoms with Gasteiger partial charge in [-0.1, -0.05) is 42.0 Å². The second-order valence-corrected chi connectivity index (χ2v) is 5.66. The van der Waals surface area contributed by atoms with E-state index in [1.165, 1.54) is 11.1 Å². The van der Waals surface area contributed by atoms with Crippen LogP contribution in [-0.2, 0) is 5.54 Å². The zero-order valence-corrected chi connectivity index (χ0v) is 12.9. The highest BCUT2D eigenvalue weighted by Gasteiger charge is 2.28. The molecule has 0 aromatic heterocycles. The summed E-state index contributed by atoms with van der Waals surface area (Å²) >= 11 is 0. The lowest BCUT2D eigenvalue weighted by Crippen LogP contribution is -2.35. The Bertz CT molecular complexity index is 612. The number of hydrogen-bond donors (Lipinski definition) is 1. The van der Waals surface area contributed by atoms with Gasteiger partial charge in [0.15, 0.2) is 0 Å². The van der Waals surface area contributed by atoms with Crippen molar-refractivity contribution < 1.29 is 4.74 Å². The molecule has 0 radical (unpaired) electrons. The molecule has 0 aliphatic carbocycles. The van der Waals surface area contributed by atoms with Crippen LogP contribution in [0.25, 0.3) is 0 Å². The summed E-state index contributed by atoms with van der Waals surface area (Å²) in [6, 6.07) is 12.5. The minimum atomic E-state index is -0.572. The molecule has 2 aromatic carbocycles. The molecule has 1 atom stereocenters. The Morgan fingerprint density at radius 1 is 0.950 bits per heavy atom. The van der Waals surface area contributed by atoms with E-state index < -0.39 is 5.54 Å². The molecular weight excluding hydrogens is 246 g/mol. The Morgan fingerprint density at radius 2 is 1.55 bits per heavy atom. The molecule has 2 N–H and O–H groups in total. The molecule has 0 fully saturated rings. The second kappa shape index (κ2) is 5.29. The summed E-state index contributed by atoms with van der Waals surface area (Å²) in [5.74, 6) is 0.885. The second-order valence-electron chi connectivity index (χ2n) is 5.66. The normalized spacial score (nSPS) is 13.9. The molecule has 0 bridgehead atoms. The van der Waals surface area contributed by atoms with Crippen molar-refractivity contribution in [2.45, 2.75) is 33.2 Å². The predicted molar refractivity (Wildman–Crippen MR) is 84.3 cm³/mol. The van der Waals surface area contributed by atoms with Crippen LogP contribution in [0, 0.1) is 20.8 Å². The number of ether oxygens (including phenoxy) is 1. The predicted octanol–water partition coefficient (Wildman–Crippen LogP) is 3.84. The minimum Gasteiger partial charge on any atom is -0.496 e. The van der Waals surface area contributed by atoms with Crippen LogP contribution >= 0.6 is 0 Å². The maximum Gasteiger partial charge on any atom is 0.127 e. The highest BCUT2D eigenvalue weighted by Crippen LogP contribution is 2.36. The molecule has 2 nitrogen and oxygen atoms in total. The molecule has 0 amide bonds. The lowest BCUT2D eigenvalue weighted by molar-refractivity contribution is 0.395.